The van der Waals surface area contributed by atoms with Crippen molar-refractivity contribution in [2.24, 2.45) is 0 Å². The standard InChI is InChI=1S/C20H29N3O2/c24-19-11-10-18(22-19)20(25)21-14-16-6-8-17(9-7-16)15-23-12-4-2-1-3-5-13-23/h6-9,18H,1-5,10-15H2,(H,21,25)(H,22,24)/t18-/m1/s1. The minimum Gasteiger partial charge on any atom is -0.350 e. The Bertz CT molecular complexity index is 577. The van der Waals surface area contributed by atoms with Gasteiger partial charge < -0.3 is 10.6 Å². The molecule has 2 saturated heterocycles. The lowest BCUT2D eigenvalue weighted by molar-refractivity contribution is -0.125. The normalized spacial score (nSPS) is 22.1. The highest BCUT2D eigenvalue weighted by molar-refractivity contribution is 5.90. The number of carbonyl (C=O) groups excluding carboxylic acids is 2. The minimum absolute atomic E-state index is 0.0336. The zero-order valence-corrected chi connectivity index (χ0v) is 14.9. The first-order valence-electron chi connectivity index (χ1n) is 9.58. The fraction of sp³-hybridized carbons (Fsp3) is 0.600. The second kappa shape index (κ2) is 8.99. The van der Waals surface area contributed by atoms with E-state index in [9.17, 15) is 9.59 Å². The van der Waals surface area contributed by atoms with Gasteiger partial charge in [-0.15, -0.1) is 0 Å². The Morgan fingerprint density at radius 1 is 1.04 bits per heavy atom. The van der Waals surface area contributed by atoms with Crippen LogP contribution in [0, 0.1) is 0 Å². The van der Waals surface area contributed by atoms with E-state index in [1.165, 1.54) is 50.8 Å². The van der Waals surface area contributed by atoms with E-state index in [1.54, 1.807) is 0 Å². The van der Waals surface area contributed by atoms with Gasteiger partial charge in [-0.25, -0.2) is 0 Å². The number of likely N-dealkylation sites (tertiary alicyclic amines) is 1. The summed E-state index contributed by atoms with van der Waals surface area (Å²) < 4.78 is 0. The maximum Gasteiger partial charge on any atom is 0.242 e. The summed E-state index contributed by atoms with van der Waals surface area (Å²) in [6.45, 7) is 3.92. The molecule has 2 fully saturated rings. The predicted octanol–water partition coefficient (Wildman–Crippen LogP) is 2.35. The fourth-order valence-electron chi connectivity index (χ4n) is 3.61. The zero-order valence-electron chi connectivity index (χ0n) is 14.9. The van der Waals surface area contributed by atoms with Crippen LogP contribution in [0.15, 0.2) is 24.3 Å². The first-order chi connectivity index (χ1) is 12.2. The molecule has 1 aromatic carbocycles. The van der Waals surface area contributed by atoms with Crippen LogP contribution in [-0.4, -0.2) is 35.8 Å². The van der Waals surface area contributed by atoms with E-state index in [0.29, 0.717) is 19.4 Å². The highest BCUT2D eigenvalue weighted by atomic mass is 16.2. The Balaban J connectivity index is 1.45. The molecule has 0 unspecified atom stereocenters. The highest BCUT2D eigenvalue weighted by Gasteiger charge is 2.26. The molecule has 2 amide bonds. The molecule has 3 rings (SSSR count). The van der Waals surface area contributed by atoms with Crippen molar-refractivity contribution in [2.45, 2.75) is 64.1 Å². The zero-order chi connectivity index (χ0) is 17.5. The van der Waals surface area contributed by atoms with Crippen molar-refractivity contribution < 1.29 is 9.59 Å². The van der Waals surface area contributed by atoms with Crippen LogP contribution in [0.3, 0.4) is 0 Å². The summed E-state index contributed by atoms with van der Waals surface area (Å²) in [5.41, 5.74) is 2.42. The molecule has 2 N–H and O–H groups in total. The Morgan fingerprint density at radius 2 is 1.68 bits per heavy atom. The molecule has 0 bridgehead atoms. The number of carbonyl (C=O) groups is 2. The molecular weight excluding hydrogens is 314 g/mol. The molecule has 0 saturated carbocycles. The van der Waals surface area contributed by atoms with E-state index in [0.717, 1.165) is 12.1 Å². The summed E-state index contributed by atoms with van der Waals surface area (Å²) in [6.07, 6.45) is 7.76. The van der Waals surface area contributed by atoms with Gasteiger partial charge in [0.15, 0.2) is 0 Å². The first kappa shape index (κ1) is 17.9. The molecule has 136 valence electrons. The van der Waals surface area contributed by atoms with Gasteiger partial charge in [0.2, 0.25) is 11.8 Å². The molecule has 5 nitrogen and oxygen atoms in total. The summed E-state index contributed by atoms with van der Waals surface area (Å²) in [4.78, 5) is 25.8. The minimum atomic E-state index is -0.362. The molecular formula is C20H29N3O2. The number of rotatable bonds is 5. The molecule has 0 aliphatic carbocycles. The van der Waals surface area contributed by atoms with Crippen LogP contribution < -0.4 is 10.6 Å². The van der Waals surface area contributed by atoms with Gasteiger partial charge >= 0.3 is 0 Å². The molecule has 2 heterocycles. The first-order valence-corrected chi connectivity index (χ1v) is 9.58. The fourth-order valence-corrected chi connectivity index (χ4v) is 3.61. The smallest absolute Gasteiger partial charge is 0.242 e. The quantitative estimate of drug-likeness (QED) is 0.863. The molecule has 2 aliphatic heterocycles. The number of hydrogen-bond acceptors (Lipinski definition) is 3. The average molecular weight is 343 g/mol. The number of amides is 2. The lowest BCUT2D eigenvalue weighted by Gasteiger charge is -2.24. The van der Waals surface area contributed by atoms with Crippen LogP contribution in [0.4, 0.5) is 0 Å². The van der Waals surface area contributed by atoms with Gasteiger partial charge in [-0.2, -0.15) is 0 Å². The average Bonchev–Trinajstić information content (AvgIpc) is 3.03. The molecule has 0 radical (unpaired) electrons. The largest absolute Gasteiger partial charge is 0.350 e. The molecule has 1 atom stereocenters. The SMILES string of the molecule is O=C1CC[C@H](C(=O)NCc2ccc(CN3CCCCCCC3)cc2)N1. The molecule has 1 aromatic rings. The van der Waals surface area contributed by atoms with Crippen LogP contribution in [0.25, 0.3) is 0 Å². The van der Waals surface area contributed by atoms with Gasteiger partial charge in [0.1, 0.15) is 6.04 Å². The molecule has 0 spiro atoms. The summed E-state index contributed by atoms with van der Waals surface area (Å²) in [5.74, 6) is -0.121. The third-order valence-corrected chi connectivity index (χ3v) is 5.16. The van der Waals surface area contributed by atoms with Crippen LogP contribution in [0.2, 0.25) is 0 Å². The van der Waals surface area contributed by atoms with Crippen LogP contribution in [0.1, 0.15) is 56.1 Å². The van der Waals surface area contributed by atoms with Crippen molar-refractivity contribution in [1.82, 2.24) is 15.5 Å². The number of benzene rings is 1. The highest BCUT2D eigenvalue weighted by Crippen LogP contribution is 2.14. The van der Waals surface area contributed by atoms with Gasteiger partial charge in [0.05, 0.1) is 0 Å². The number of nitrogens with zero attached hydrogens (tertiary/aromatic N) is 1. The third kappa shape index (κ3) is 5.56. The molecule has 5 heteroatoms. The summed E-state index contributed by atoms with van der Waals surface area (Å²) in [7, 11) is 0. The van der Waals surface area contributed by atoms with Crippen molar-refractivity contribution in [3.8, 4) is 0 Å². The van der Waals surface area contributed by atoms with E-state index < -0.39 is 0 Å². The van der Waals surface area contributed by atoms with E-state index in [4.69, 9.17) is 0 Å². The summed E-state index contributed by atoms with van der Waals surface area (Å²) in [5, 5.41) is 5.61. The van der Waals surface area contributed by atoms with E-state index in [-0.39, 0.29) is 17.9 Å². The predicted molar refractivity (Wildman–Crippen MR) is 97.8 cm³/mol. The van der Waals surface area contributed by atoms with Crippen molar-refractivity contribution in [1.29, 1.82) is 0 Å². The van der Waals surface area contributed by atoms with E-state index in [2.05, 4.69) is 39.8 Å². The van der Waals surface area contributed by atoms with E-state index in [1.807, 2.05) is 0 Å². The lowest BCUT2D eigenvalue weighted by Crippen LogP contribution is -2.41. The van der Waals surface area contributed by atoms with Gasteiger partial charge in [0.25, 0.3) is 0 Å². The van der Waals surface area contributed by atoms with Crippen molar-refractivity contribution in [2.75, 3.05) is 13.1 Å². The van der Waals surface area contributed by atoms with Crippen molar-refractivity contribution >= 4 is 11.8 Å². The Hall–Kier alpha value is -1.88. The molecule has 25 heavy (non-hydrogen) atoms. The van der Waals surface area contributed by atoms with Crippen LogP contribution in [0.5, 0.6) is 0 Å². The van der Waals surface area contributed by atoms with Gasteiger partial charge in [-0.05, 0) is 43.5 Å². The second-order valence-corrected chi connectivity index (χ2v) is 7.24. The number of hydrogen-bond donors (Lipinski definition) is 2. The van der Waals surface area contributed by atoms with E-state index >= 15 is 0 Å². The topological polar surface area (TPSA) is 61.4 Å². The Morgan fingerprint density at radius 3 is 2.32 bits per heavy atom. The maximum absolute atomic E-state index is 12.0. The third-order valence-electron chi connectivity index (χ3n) is 5.16. The maximum atomic E-state index is 12.0. The number of nitrogens with one attached hydrogen (secondary N) is 2. The lowest BCUT2D eigenvalue weighted by atomic mass is 10.1. The molecule has 2 aliphatic rings. The summed E-state index contributed by atoms with van der Waals surface area (Å²) in [6, 6.07) is 8.15. The molecule has 0 aromatic heterocycles. The van der Waals surface area contributed by atoms with Crippen molar-refractivity contribution in [3.05, 3.63) is 35.4 Å². The van der Waals surface area contributed by atoms with Gasteiger partial charge in [-0.3, -0.25) is 14.5 Å². The second-order valence-electron chi connectivity index (χ2n) is 7.24. The summed E-state index contributed by atoms with van der Waals surface area (Å²) >= 11 is 0. The van der Waals surface area contributed by atoms with Crippen LogP contribution in [-0.2, 0) is 22.7 Å². The van der Waals surface area contributed by atoms with Crippen LogP contribution >= 0.6 is 0 Å². The Labute approximate surface area is 150 Å². The van der Waals surface area contributed by atoms with Crippen molar-refractivity contribution in [3.63, 3.8) is 0 Å². The Kier molecular flexibility index (Phi) is 6.45. The van der Waals surface area contributed by atoms with Gasteiger partial charge in [-0.1, -0.05) is 43.5 Å². The monoisotopic (exact) mass is 343 g/mol. The van der Waals surface area contributed by atoms with Gasteiger partial charge in [0, 0.05) is 19.5 Å².